The van der Waals surface area contributed by atoms with Gasteiger partial charge in [0.05, 0.1) is 31.1 Å². The third-order valence-electron chi connectivity index (χ3n) is 6.36. The number of sulfonamides is 1. The van der Waals surface area contributed by atoms with E-state index in [-0.39, 0.29) is 5.91 Å². The summed E-state index contributed by atoms with van der Waals surface area (Å²) in [5, 5.41) is 0. The van der Waals surface area contributed by atoms with Crippen LogP contribution in [0.25, 0.3) is 0 Å². The highest BCUT2D eigenvalue weighted by molar-refractivity contribution is 7.89. The third-order valence-corrected chi connectivity index (χ3v) is 8.25. The molecule has 160 valence electrons. The molecular weight excluding hydrogens is 398 g/mol. The lowest BCUT2D eigenvalue weighted by Crippen LogP contribution is -3.15. The summed E-state index contributed by atoms with van der Waals surface area (Å²) >= 11 is 0. The minimum atomic E-state index is -3.49. The van der Waals surface area contributed by atoms with Gasteiger partial charge in [-0.05, 0) is 61.6 Å². The van der Waals surface area contributed by atoms with E-state index < -0.39 is 10.0 Å². The minimum absolute atomic E-state index is 0.127. The second-order valence-corrected chi connectivity index (χ2v) is 10.3. The first-order valence-electron chi connectivity index (χ1n) is 10.7. The smallest absolute Gasteiger partial charge is 0.282 e. The third kappa shape index (κ3) is 4.15. The van der Waals surface area contributed by atoms with Crippen LogP contribution in [0.1, 0.15) is 23.1 Å². The molecule has 0 aromatic heterocycles. The van der Waals surface area contributed by atoms with Gasteiger partial charge in [0.1, 0.15) is 0 Å². The summed E-state index contributed by atoms with van der Waals surface area (Å²) in [6.45, 7) is 7.24. The lowest BCUT2D eigenvalue weighted by Gasteiger charge is -2.34. The molecule has 30 heavy (non-hydrogen) atoms. The molecule has 7 heteroatoms. The van der Waals surface area contributed by atoms with Crippen LogP contribution in [0.2, 0.25) is 0 Å². The van der Waals surface area contributed by atoms with Crippen LogP contribution < -0.4 is 9.80 Å². The number of benzene rings is 2. The minimum Gasteiger partial charge on any atom is -0.325 e. The summed E-state index contributed by atoms with van der Waals surface area (Å²) < 4.78 is 27.6. The predicted molar refractivity (Wildman–Crippen MR) is 117 cm³/mol. The summed E-state index contributed by atoms with van der Waals surface area (Å²) in [6, 6.07) is 13.4. The van der Waals surface area contributed by atoms with E-state index in [1.165, 1.54) is 5.56 Å². The Morgan fingerprint density at radius 1 is 1.00 bits per heavy atom. The number of fused-ring (bicyclic) bond motifs is 1. The average molecular weight is 429 g/mol. The normalized spacial score (nSPS) is 18.3. The first-order valence-corrected chi connectivity index (χ1v) is 12.1. The van der Waals surface area contributed by atoms with Crippen molar-refractivity contribution in [2.45, 2.75) is 31.6 Å². The van der Waals surface area contributed by atoms with E-state index in [1.54, 1.807) is 16.4 Å². The Morgan fingerprint density at radius 3 is 2.47 bits per heavy atom. The van der Waals surface area contributed by atoms with Gasteiger partial charge >= 0.3 is 0 Å². The van der Waals surface area contributed by atoms with Crippen molar-refractivity contribution in [2.75, 3.05) is 44.2 Å². The standard InChI is InChI=1S/C23H29N3O3S/c1-18-9-10-21(16-19(18)2)30(28,29)25-14-12-24(13-15-25)17-23(27)26-11-5-7-20-6-3-4-8-22(20)26/h3-4,6,8-10,16H,5,7,11-15,17H2,1-2H3/p+1. The Morgan fingerprint density at radius 2 is 1.73 bits per heavy atom. The fourth-order valence-electron chi connectivity index (χ4n) is 4.34. The number of piperazine rings is 1. The van der Waals surface area contributed by atoms with Gasteiger partial charge < -0.3 is 9.80 Å². The maximum atomic E-state index is 13.0. The average Bonchev–Trinajstić information content (AvgIpc) is 2.75. The number of hydrogen-bond acceptors (Lipinski definition) is 3. The molecular formula is C23H30N3O3S+. The lowest BCUT2D eigenvalue weighted by atomic mass is 10.0. The van der Waals surface area contributed by atoms with Crippen LogP contribution in [-0.4, -0.2) is 57.9 Å². The molecule has 0 unspecified atom stereocenters. The number of aryl methyl sites for hydroxylation is 3. The van der Waals surface area contributed by atoms with Crippen molar-refractivity contribution < 1.29 is 18.1 Å². The molecule has 2 aromatic carbocycles. The molecule has 0 saturated carbocycles. The van der Waals surface area contributed by atoms with E-state index in [2.05, 4.69) is 6.07 Å². The SMILES string of the molecule is Cc1ccc(S(=O)(=O)N2CC[NH+](CC(=O)N3CCCc4ccccc43)CC2)cc1C. The molecule has 6 nitrogen and oxygen atoms in total. The van der Waals surface area contributed by atoms with Crippen molar-refractivity contribution in [1.82, 2.24) is 4.31 Å². The number of carbonyl (C=O) groups is 1. The van der Waals surface area contributed by atoms with E-state index in [0.29, 0.717) is 37.6 Å². The molecule has 1 amide bonds. The first kappa shape index (κ1) is 21.0. The molecule has 2 heterocycles. The zero-order chi connectivity index (χ0) is 21.3. The number of para-hydroxylation sites is 1. The van der Waals surface area contributed by atoms with Crippen LogP contribution in [0.4, 0.5) is 5.69 Å². The summed E-state index contributed by atoms with van der Waals surface area (Å²) in [6.07, 6.45) is 2.00. The van der Waals surface area contributed by atoms with Gasteiger partial charge in [0.25, 0.3) is 5.91 Å². The molecule has 0 aliphatic carbocycles. The molecule has 2 aromatic rings. The van der Waals surface area contributed by atoms with Crippen molar-refractivity contribution in [3.63, 3.8) is 0 Å². The Hall–Kier alpha value is -2.22. The fraction of sp³-hybridized carbons (Fsp3) is 0.435. The molecule has 1 saturated heterocycles. The van der Waals surface area contributed by atoms with Crippen molar-refractivity contribution in [1.29, 1.82) is 0 Å². The number of rotatable bonds is 4. The highest BCUT2D eigenvalue weighted by Gasteiger charge is 2.32. The van der Waals surface area contributed by atoms with Gasteiger partial charge in [-0.2, -0.15) is 4.31 Å². The highest BCUT2D eigenvalue weighted by atomic mass is 32.2. The molecule has 1 fully saturated rings. The molecule has 0 spiro atoms. The van der Waals surface area contributed by atoms with Gasteiger partial charge in [-0.3, -0.25) is 4.79 Å². The van der Waals surface area contributed by atoms with Crippen LogP contribution in [0.3, 0.4) is 0 Å². The molecule has 1 N–H and O–H groups in total. The van der Waals surface area contributed by atoms with Crippen LogP contribution in [-0.2, 0) is 21.2 Å². The quantitative estimate of drug-likeness (QED) is 0.795. The van der Waals surface area contributed by atoms with E-state index >= 15 is 0 Å². The Balaban J connectivity index is 1.38. The number of nitrogens with zero attached hydrogens (tertiary/aromatic N) is 2. The Bertz CT molecular complexity index is 1040. The van der Waals surface area contributed by atoms with Crippen LogP contribution in [0.15, 0.2) is 47.4 Å². The lowest BCUT2D eigenvalue weighted by molar-refractivity contribution is -0.895. The maximum absolute atomic E-state index is 13.0. The molecule has 4 rings (SSSR count). The Labute approximate surface area is 179 Å². The van der Waals surface area contributed by atoms with Crippen LogP contribution in [0, 0.1) is 13.8 Å². The number of anilines is 1. The monoisotopic (exact) mass is 428 g/mol. The van der Waals surface area contributed by atoms with E-state index in [4.69, 9.17) is 0 Å². The molecule has 2 aliphatic heterocycles. The van der Waals surface area contributed by atoms with Gasteiger partial charge in [0.15, 0.2) is 6.54 Å². The van der Waals surface area contributed by atoms with Gasteiger partial charge in [-0.1, -0.05) is 24.3 Å². The number of carbonyl (C=O) groups excluding carboxylic acids is 1. The predicted octanol–water partition coefficient (Wildman–Crippen LogP) is 1.17. The van der Waals surface area contributed by atoms with E-state index in [9.17, 15) is 13.2 Å². The Kier molecular flexibility index (Phi) is 5.95. The van der Waals surface area contributed by atoms with Crippen LogP contribution >= 0.6 is 0 Å². The number of amides is 1. The van der Waals surface area contributed by atoms with Gasteiger partial charge in [-0.25, -0.2) is 8.42 Å². The van der Waals surface area contributed by atoms with E-state index in [1.807, 2.05) is 43.0 Å². The van der Waals surface area contributed by atoms with Gasteiger partial charge in [0.2, 0.25) is 10.0 Å². The van der Waals surface area contributed by atoms with Crippen molar-refractivity contribution in [2.24, 2.45) is 0 Å². The molecule has 0 radical (unpaired) electrons. The van der Waals surface area contributed by atoms with E-state index in [0.717, 1.165) is 41.1 Å². The topological polar surface area (TPSA) is 62.1 Å². The van der Waals surface area contributed by atoms with Gasteiger partial charge in [0, 0.05) is 12.2 Å². The zero-order valence-corrected chi connectivity index (χ0v) is 18.5. The van der Waals surface area contributed by atoms with Crippen LogP contribution in [0.5, 0.6) is 0 Å². The number of hydrogen-bond donors (Lipinski definition) is 1. The molecule has 0 bridgehead atoms. The van der Waals surface area contributed by atoms with Crippen molar-refractivity contribution in [3.05, 3.63) is 59.2 Å². The summed E-state index contributed by atoms with van der Waals surface area (Å²) in [5.74, 6) is 0.127. The fourth-order valence-corrected chi connectivity index (χ4v) is 5.87. The maximum Gasteiger partial charge on any atom is 0.282 e. The molecule has 2 aliphatic rings. The number of quaternary nitrogens is 1. The highest BCUT2D eigenvalue weighted by Crippen LogP contribution is 2.26. The number of nitrogens with one attached hydrogen (secondary N) is 1. The van der Waals surface area contributed by atoms with Crippen molar-refractivity contribution in [3.8, 4) is 0 Å². The first-order chi connectivity index (χ1) is 14.4. The summed E-state index contributed by atoms with van der Waals surface area (Å²) in [7, 11) is -3.49. The second-order valence-electron chi connectivity index (χ2n) is 8.35. The summed E-state index contributed by atoms with van der Waals surface area (Å²) in [5.41, 5.74) is 4.33. The zero-order valence-electron chi connectivity index (χ0n) is 17.7. The molecule has 0 atom stereocenters. The van der Waals surface area contributed by atoms with Crippen molar-refractivity contribution >= 4 is 21.6 Å². The van der Waals surface area contributed by atoms with Gasteiger partial charge in [-0.15, -0.1) is 0 Å². The summed E-state index contributed by atoms with van der Waals surface area (Å²) in [4.78, 5) is 16.4. The largest absolute Gasteiger partial charge is 0.325 e. The second kappa shape index (κ2) is 8.49.